The third kappa shape index (κ3) is 7.32. The van der Waals surface area contributed by atoms with Crippen molar-refractivity contribution in [2.45, 2.75) is 32.2 Å². The second-order valence-electron chi connectivity index (χ2n) is 9.33. The highest BCUT2D eigenvalue weighted by Gasteiger charge is 2.16. The number of aromatic hydroxyl groups is 1. The molecular weight excluding hydrogens is 484 g/mol. The Morgan fingerprint density at radius 2 is 1.61 bits per heavy atom. The van der Waals surface area contributed by atoms with E-state index in [4.69, 9.17) is 0 Å². The SMILES string of the molecule is O=C1CCCN(C(=O)Cn2ccc(=O)cc2)CCCNC(=O)c2cccc(c2)-c2cc(ccc2O)CCN1. The summed E-state index contributed by atoms with van der Waals surface area (Å²) < 4.78 is 1.65. The molecule has 2 heterocycles. The van der Waals surface area contributed by atoms with Crippen molar-refractivity contribution in [3.8, 4) is 16.9 Å². The molecule has 0 radical (unpaired) electrons. The van der Waals surface area contributed by atoms with Gasteiger partial charge in [-0.05, 0) is 54.7 Å². The lowest BCUT2D eigenvalue weighted by Gasteiger charge is -2.23. The Morgan fingerprint density at radius 1 is 0.842 bits per heavy atom. The third-order valence-corrected chi connectivity index (χ3v) is 6.49. The molecule has 4 bridgehead atoms. The Morgan fingerprint density at radius 3 is 2.42 bits per heavy atom. The van der Waals surface area contributed by atoms with Gasteiger partial charge in [0, 0.05) is 68.3 Å². The lowest BCUT2D eigenvalue weighted by atomic mass is 9.98. The van der Waals surface area contributed by atoms with Gasteiger partial charge >= 0.3 is 0 Å². The van der Waals surface area contributed by atoms with Crippen LogP contribution in [-0.2, 0) is 22.6 Å². The first-order valence-electron chi connectivity index (χ1n) is 12.8. The number of hydrogen-bond donors (Lipinski definition) is 3. The van der Waals surface area contributed by atoms with Crippen LogP contribution in [0, 0.1) is 0 Å². The maximum Gasteiger partial charge on any atom is 0.251 e. The number of carbonyl (C=O) groups excluding carboxylic acids is 3. The minimum atomic E-state index is -0.235. The van der Waals surface area contributed by atoms with Crippen molar-refractivity contribution in [3.05, 3.63) is 88.3 Å². The normalized spacial score (nSPS) is 15.4. The second-order valence-corrected chi connectivity index (χ2v) is 9.33. The van der Waals surface area contributed by atoms with Gasteiger partial charge in [-0.1, -0.05) is 18.2 Å². The van der Waals surface area contributed by atoms with Gasteiger partial charge in [-0.3, -0.25) is 19.2 Å². The van der Waals surface area contributed by atoms with Crippen LogP contribution >= 0.6 is 0 Å². The van der Waals surface area contributed by atoms with E-state index >= 15 is 0 Å². The number of phenols is 1. The van der Waals surface area contributed by atoms with Crippen LogP contribution < -0.4 is 16.1 Å². The summed E-state index contributed by atoms with van der Waals surface area (Å²) in [6.45, 7) is 1.72. The monoisotopic (exact) mass is 516 g/mol. The smallest absolute Gasteiger partial charge is 0.251 e. The topological polar surface area (TPSA) is 121 Å². The fourth-order valence-corrected chi connectivity index (χ4v) is 4.40. The molecule has 4 rings (SSSR count). The number of phenolic OH excluding ortho intramolecular Hbond substituents is 1. The largest absolute Gasteiger partial charge is 0.507 e. The van der Waals surface area contributed by atoms with E-state index in [-0.39, 0.29) is 41.9 Å². The van der Waals surface area contributed by atoms with Crippen LogP contribution in [0.1, 0.15) is 35.2 Å². The van der Waals surface area contributed by atoms with Crippen molar-refractivity contribution in [1.29, 1.82) is 0 Å². The minimum absolute atomic E-state index is 0.0803. The predicted molar refractivity (Wildman–Crippen MR) is 144 cm³/mol. The predicted octanol–water partition coefficient (Wildman–Crippen LogP) is 2.32. The molecule has 38 heavy (non-hydrogen) atoms. The molecule has 1 aliphatic heterocycles. The van der Waals surface area contributed by atoms with Crippen molar-refractivity contribution >= 4 is 17.7 Å². The van der Waals surface area contributed by atoms with Crippen molar-refractivity contribution < 1.29 is 19.5 Å². The molecule has 198 valence electrons. The van der Waals surface area contributed by atoms with Crippen molar-refractivity contribution in [3.63, 3.8) is 0 Å². The van der Waals surface area contributed by atoms with Gasteiger partial charge in [-0.2, -0.15) is 0 Å². The van der Waals surface area contributed by atoms with Crippen LogP contribution in [0.25, 0.3) is 11.1 Å². The number of benzene rings is 2. The van der Waals surface area contributed by atoms with E-state index in [1.165, 1.54) is 12.1 Å². The highest BCUT2D eigenvalue weighted by atomic mass is 16.3. The molecule has 0 aliphatic carbocycles. The van der Waals surface area contributed by atoms with Crippen molar-refractivity contribution in [2.75, 3.05) is 26.2 Å². The maximum absolute atomic E-state index is 13.0. The number of pyridine rings is 1. The summed E-state index contributed by atoms with van der Waals surface area (Å²) in [7, 11) is 0. The molecule has 0 fully saturated rings. The fraction of sp³-hybridized carbons (Fsp3) is 0.310. The molecule has 3 aromatic rings. The number of rotatable bonds is 2. The van der Waals surface area contributed by atoms with E-state index in [1.807, 2.05) is 18.2 Å². The highest BCUT2D eigenvalue weighted by molar-refractivity contribution is 5.95. The van der Waals surface area contributed by atoms with Gasteiger partial charge in [0.25, 0.3) is 5.91 Å². The van der Waals surface area contributed by atoms with Crippen LogP contribution in [0.5, 0.6) is 5.75 Å². The third-order valence-electron chi connectivity index (χ3n) is 6.49. The number of fused-ring (bicyclic) bond motifs is 5. The van der Waals surface area contributed by atoms with Gasteiger partial charge in [0.2, 0.25) is 11.8 Å². The summed E-state index contributed by atoms with van der Waals surface area (Å²) in [4.78, 5) is 51.3. The van der Waals surface area contributed by atoms with Crippen LogP contribution in [0.2, 0.25) is 0 Å². The summed E-state index contributed by atoms with van der Waals surface area (Å²) in [6, 6.07) is 15.2. The van der Waals surface area contributed by atoms with E-state index in [0.717, 1.165) is 11.1 Å². The Labute approximate surface area is 221 Å². The summed E-state index contributed by atoms with van der Waals surface area (Å²) >= 11 is 0. The van der Waals surface area contributed by atoms with Gasteiger partial charge < -0.3 is 25.2 Å². The molecule has 0 spiro atoms. The van der Waals surface area contributed by atoms with E-state index in [1.54, 1.807) is 46.1 Å². The zero-order valence-corrected chi connectivity index (χ0v) is 21.2. The second kappa shape index (κ2) is 12.7. The van der Waals surface area contributed by atoms with Gasteiger partial charge in [0.05, 0.1) is 0 Å². The number of carbonyl (C=O) groups is 3. The average molecular weight is 517 g/mol. The molecule has 2 aromatic carbocycles. The molecule has 3 amide bonds. The molecule has 3 N–H and O–H groups in total. The zero-order chi connectivity index (χ0) is 26.9. The molecule has 1 aromatic heterocycles. The lowest BCUT2D eigenvalue weighted by molar-refractivity contribution is -0.132. The first kappa shape index (κ1) is 26.7. The van der Waals surface area contributed by atoms with Gasteiger partial charge in [-0.25, -0.2) is 0 Å². The molecule has 0 saturated carbocycles. The first-order chi connectivity index (χ1) is 18.4. The number of amides is 3. The first-order valence-corrected chi connectivity index (χ1v) is 12.8. The highest BCUT2D eigenvalue weighted by Crippen LogP contribution is 2.30. The van der Waals surface area contributed by atoms with E-state index in [0.29, 0.717) is 56.6 Å². The number of aromatic nitrogens is 1. The molecule has 1 aliphatic rings. The van der Waals surface area contributed by atoms with Crippen molar-refractivity contribution in [1.82, 2.24) is 20.1 Å². The maximum atomic E-state index is 13.0. The van der Waals surface area contributed by atoms with Gasteiger partial charge in [0.1, 0.15) is 12.3 Å². The molecular formula is C29H32N4O5. The Balaban J connectivity index is 1.49. The molecule has 9 nitrogen and oxygen atoms in total. The molecule has 9 heteroatoms. The number of nitrogens with one attached hydrogen (secondary N) is 2. The minimum Gasteiger partial charge on any atom is -0.507 e. The van der Waals surface area contributed by atoms with Crippen molar-refractivity contribution in [2.24, 2.45) is 0 Å². The quantitative estimate of drug-likeness (QED) is 0.483. The molecule has 0 unspecified atom stereocenters. The summed E-state index contributed by atoms with van der Waals surface area (Å²) in [5.74, 6) is -0.331. The molecule has 0 saturated heterocycles. The number of hydrogen-bond acceptors (Lipinski definition) is 5. The zero-order valence-electron chi connectivity index (χ0n) is 21.2. The van der Waals surface area contributed by atoms with Crippen LogP contribution in [-0.4, -0.2) is 58.5 Å². The van der Waals surface area contributed by atoms with E-state index in [2.05, 4.69) is 10.6 Å². The Bertz CT molecular complexity index is 1350. The summed E-state index contributed by atoms with van der Waals surface area (Å²) in [6.07, 6.45) is 5.05. The van der Waals surface area contributed by atoms with Crippen LogP contribution in [0.4, 0.5) is 0 Å². The van der Waals surface area contributed by atoms with Gasteiger partial charge in [0.15, 0.2) is 5.43 Å². The van der Waals surface area contributed by atoms with E-state index in [9.17, 15) is 24.3 Å². The Kier molecular flexibility index (Phi) is 8.92. The molecule has 0 atom stereocenters. The number of nitrogens with zero attached hydrogens (tertiary/aromatic N) is 2. The van der Waals surface area contributed by atoms with Crippen LogP contribution in [0.15, 0.2) is 71.8 Å². The summed E-state index contributed by atoms with van der Waals surface area (Å²) in [5, 5.41) is 16.3. The Hall–Kier alpha value is -4.40. The van der Waals surface area contributed by atoms with Gasteiger partial charge in [-0.15, -0.1) is 0 Å². The van der Waals surface area contributed by atoms with Crippen LogP contribution in [0.3, 0.4) is 0 Å². The van der Waals surface area contributed by atoms with E-state index < -0.39 is 0 Å². The summed E-state index contributed by atoms with van der Waals surface area (Å²) in [5.41, 5.74) is 2.64. The lowest BCUT2D eigenvalue weighted by Crippen LogP contribution is -2.37. The fourth-order valence-electron chi connectivity index (χ4n) is 4.40. The average Bonchev–Trinajstić information content (AvgIpc) is 2.91. The standard InChI is InChI=1S/C29H32N4O5/c34-24-10-16-32(17-11-24)20-28(37)33-14-2-6-27(36)30-13-9-21-7-8-26(35)25(18-21)22-4-1-5-23(19-22)29(38)31-12-3-15-33/h1,4-5,7-8,10-11,16-19,35H,2-3,6,9,12-15,20H2,(H,30,36)(H,31,38).